The number of nitrogens with two attached hydrogens (primary N) is 1. The van der Waals surface area contributed by atoms with E-state index in [4.69, 9.17) is 12.2 Å². The highest BCUT2D eigenvalue weighted by atomic mass is 16.1. The Morgan fingerprint density at radius 1 is 1.38 bits per heavy atom. The molecule has 16 heavy (non-hydrogen) atoms. The SMILES string of the molecule is C#CC(C)NC(=O)CCC(CCN)C(C)C. The van der Waals surface area contributed by atoms with Crippen molar-refractivity contribution in [2.24, 2.45) is 17.6 Å². The summed E-state index contributed by atoms with van der Waals surface area (Å²) in [6.45, 7) is 6.83. The van der Waals surface area contributed by atoms with E-state index < -0.39 is 0 Å². The summed E-state index contributed by atoms with van der Waals surface area (Å²) in [6, 6.07) is -0.181. The molecule has 0 aromatic carbocycles. The van der Waals surface area contributed by atoms with Gasteiger partial charge in [-0.05, 0) is 38.1 Å². The Labute approximate surface area is 99.2 Å². The Balaban J connectivity index is 3.92. The Bertz CT molecular complexity index is 243. The topological polar surface area (TPSA) is 55.1 Å². The predicted molar refractivity (Wildman–Crippen MR) is 67.7 cm³/mol. The Kier molecular flexibility index (Phi) is 7.66. The lowest BCUT2D eigenvalue weighted by atomic mass is 9.88. The van der Waals surface area contributed by atoms with Crippen molar-refractivity contribution in [1.29, 1.82) is 0 Å². The standard InChI is InChI=1S/C13H24N2O/c1-5-11(4)15-13(16)7-6-12(8-9-14)10(2)3/h1,10-12H,6-9,14H2,2-4H3,(H,15,16). The first-order valence-corrected chi connectivity index (χ1v) is 5.96. The van der Waals surface area contributed by atoms with Crippen LogP contribution in [0.5, 0.6) is 0 Å². The third kappa shape index (κ3) is 6.47. The fraction of sp³-hybridized carbons (Fsp3) is 0.769. The van der Waals surface area contributed by atoms with Crippen molar-refractivity contribution >= 4 is 5.91 Å². The molecule has 3 heteroatoms. The van der Waals surface area contributed by atoms with Gasteiger partial charge in [-0.1, -0.05) is 19.8 Å². The molecule has 0 heterocycles. The van der Waals surface area contributed by atoms with Gasteiger partial charge < -0.3 is 11.1 Å². The molecule has 0 aliphatic rings. The molecular formula is C13H24N2O. The van der Waals surface area contributed by atoms with Gasteiger partial charge in [-0.25, -0.2) is 0 Å². The molecule has 0 aliphatic heterocycles. The molecule has 2 unspecified atom stereocenters. The fourth-order valence-electron chi connectivity index (χ4n) is 1.70. The molecular weight excluding hydrogens is 200 g/mol. The minimum absolute atomic E-state index is 0.0353. The number of terminal acetylenes is 1. The molecule has 0 saturated heterocycles. The Morgan fingerprint density at radius 3 is 2.44 bits per heavy atom. The van der Waals surface area contributed by atoms with Gasteiger partial charge in [0.15, 0.2) is 0 Å². The highest BCUT2D eigenvalue weighted by Crippen LogP contribution is 2.20. The van der Waals surface area contributed by atoms with E-state index in [0.29, 0.717) is 24.8 Å². The van der Waals surface area contributed by atoms with Crippen LogP contribution in [-0.4, -0.2) is 18.5 Å². The summed E-state index contributed by atoms with van der Waals surface area (Å²) < 4.78 is 0. The van der Waals surface area contributed by atoms with Crippen LogP contribution in [0.1, 0.15) is 40.0 Å². The van der Waals surface area contributed by atoms with E-state index >= 15 is 0 Å². The van der Waals surface area contributed by atoms with E-state index in [1.807, 2.05) is 0 Å². The molecule has 0 bridgehead atoms. The normalized spacial score (nSPS) is 14.2. The van der Waals surface area contributed by atoms with Crippen LogP contribution in [0.3, 0.4) is 0 Å². The number of amides is 1. The lowest BCUT2D eigenvalue weighted by Gasteiger charge is -2.19. The smallest absolute Gasteiger partial charge is 0.220 e. The summed E-state index contributed by atoms with van der Waals surface area (Å²) in [7, 11) is 0. The molecule has 0 saturated carbocycles. The quantitative estimate of drug-likeness (QED) is 0.644. The van der Waals surface area contributed by atoms with Crippen LogP contribution < -0.4 is 11.1 Å². The van der Waals surface area contributed by atoms with Crippen molar-refractivity contribution in [3.8, 4) is 12.3 Å². The van der Waals surface area contributed by atoms with E-state index in [-0.39, 0.29) is 11.9 Å². The maximum atomic E-state index is 11.5. The first-order chi connectivity index (χ1) is 7.51. The fourth-order valence-corrected chi connectivity index (χ4v) is 1.70. The second-order valence-electron chi connectivity index (χ2n) is 4.58. The number of carbonyl (C=O) groups is 1. The van der Waals surface area contributed by atoms with Crippen LogP contribution in [0, 0.1) is 24.2 Å². The zero-order valence-electron chi connectivity index (χ0n) is 10.6. The van der Waals surface area contributed by atoms with E-state index in [1.54, 1.807) is 6.92 Å². The summed E-state index contributed by atoms with van der Waals surface area (Å²) in [5, 5.41) is 2.76. The second-order valence-corrected chi connectivity index (χ2v) is 4.58. The van der Waals surface area contributed by atoms with Crippen molar-refractivity contribution in [3.05, 3.63) is 0 Å². The molecule has 92 valence electrons. The summed E-state index contributed by atoms with van der Waals surface area (Å²) in [6.07, 6.45) is 7.60. The molecule has 0 aromatic rings. The van der Waals surface area contributed by atoms with E-state index in [0.717, 1.165) is 12.8 Å². The predicted octanol–water partition coefficient (Wildman–Crippen LogP) is 1.53. The monoisotopic (exact) mass is 224 g/mol. The molecule has 2 atom stereocenters. The molecule has 3 nitrogen and oxygen atoms in total. The molecule has 0 rings (SSSR count). The summed E-state index contributed by atoms with van der Waals surface area (Å²) in [4.78, 5) is 11.5. The maximum absolute atomic E-state index is 11.5. The van der Waals surface area contributed by atoms with Crippen molar-refractivity contribution in [1.82, 2.24) is 5.32 Å². The van der Waals surface area contributed by atoms with Crippen molar-refractivity contribution < 1.29 is 4.79 Å². The van der Waals surface area contributed by atoms with Gasteiger partial charge in [0.1, 0.15) is 0 Å². The molecule has 0 radical (unpaired) electrons. The van der Waals surface area contributed by atoms with E-state index in [1.165, 1.54) is 0 Å². The first kappa shape index (κ1) is 15.0. The van der Waals surface area contributed by atoms with Crippen molar-refractivity contribution in [2.45, 2.75) is 46.1 Å². The largest absolute Gasteiger partial charge is 0.343 e. The van der Waals surface area contributed by atoms with Gasteiger partial charge in [-0.2, -0.15) is 0 Å². The number of nitrogens with one attached hydrogen (secondary N) is 1. The molecule has 0 spiro atoms. The van der Waals surface area contributed by atoms with E-state index in [9.17, 15) is 4.79 Å². The van der Waals surface area contributed by atoms with Crippen LogP contribution in [0.25, 0.3) is 0 Å². The number of hydrogen-bond acceptors (Lipinski definition) is 2. The van der Waals surface area contributed by atoms with Gasteiger partial charge >= 0.3 is 0 Å². The van der Waals surface area contributed by atoms with Gasteiger partial charge in [0.2, 0.25) is 5.91 Å². The number of rotatable bonds is 7. The summed E-state index contributed by atoms with van der Waals surface area (Å²) in [5.74, 6) is 3.61. The maximum Gasteiger partial charge on any atom is 0.220 e. The van der Waals surface area contributed by atoms with Crippen LogP contribution in [0.15, 0.2) is 0 Å². The average Bonchev–Trinajstić information content (AvgIpc) is 2.23. The van der Waals surface area contributed by atoms with Gasteiger partial charge in [0.25, 0.3) is 0 Å². The van der Waals surface area contributed by atoms with Gasteiger partial charge in [0, 0.05) is 6.42 Å². The third-order valence-corrected chi connectivity index (χ3v) is 2.85. The van der Waals surface area contributed by atoms with Crippen molar-refractivity contribution in [2.75, 3.05) is 6.54 Å². The van der Waals surface area contributed by atoms with Crippen LogP contribution in [-0.2, 0) is 4.79 Å². The van der Waals surface area contributed by atoms with E-state index in [2.05, 4.69) is 25.1 Å². The first-order valence-electron chi connectivity index (χ1n) is 5.96. The average molecular weight is 224 g/mol. The minimum Gasteiger partial charge on any atom is -0.343 e. The third-order valence-electron chi connectivity index (χ3n) is 2.85. The molecule has 3 N–H and O–H groups in total. The highest BCUT2D eigenvalue weighted by Gasteiger charge is 2.14. The van der Waals surface area contributed by atoms with Crippen molar-refractivity contribution in [3.63, 3.8) is 0 Å². The molecule has 0 fully saturated rings. The van der Waals surface area contributed by atoms with Gasteiger partial charge in [-0.15, -0.1) is 6.42 Å². The number of hydrogen-bond donors (Lipinski definition) is 2. The van der Waals surface area contributed by atoms with Gasteiger partial charge in [-0.3, -0.25) is 4.79 Å². The zero-order chi connectivity index (χ0) is 12.6. The van der Waals surface area contributed by atoms with Gasteiger partial charge in [0.05, 0.1) is 6.04 Å². The lowest BCUT2D eigenvalue weighted by Crippen LogP contribution is -2.31. The highest BCUT2D eigenvalue weighted by molar-refractivity contribution is 5.76. The molecule has 1 amide bonds. The Morgan fingerprint density at radius 2 is 2.00 bits per heavy atom. The molecule has 0 aliphatic carbocycles. The number of carbonyl (C=O) groups excluding carboxylic acids is 1. The molecule has 0 aromatic heterocycles. The minimum atomic E-state index is -0.181. The zero-order valence-corrected chi connectivity index (χ0v) is 10.6. The van der Waals surface area contributed by atoms with Crippen LogP contribution in [0.2, 0.25) is 0 Å². The second kappa shape index (κ2) is 8.18. The Hall–Kier alpha value is -1.01. The summed E-state index contributed by atoms with van der Waals surface area (Å²) in [5.41, 5.74) is 5.55. The van der Waals surface area contributed by atoms with Crippen LogP contribution in [0.4, 0.5) is 0 Å². The lowest BCUT2D eigenvalue weighted by molar-refractivity contribution is -0.121. The van der Waals surface area contributed by atoms with Crippen LogP contribution >= 0.6 is 0 Å². The summed E-state index contributed by atoms with van der Waals surface area (Å²) >= 11 is 0.